The SMILES string of the molecule is C=C(C)C1=C(C)C[C@@]2(C)C[C@@]3(C)Cc4c(C(C)C)cc(CCc5ccc(C)cc5)c(C)c4C(=C)C3=C(C)[C@@]2(C)C1=C. The van der Waals surface area contributed by atoms with Crippen LogP contribution in [-0.2, 0) is 19.3 Å². The zero-order valence-electron chi connectivity index (χ0n) is 27.6. The summed E-state index contributed by atoms with van der Waals surface area (Å²) in [5.74, 6) is 0.479. The molecule has 3 aliphatic rings. The quantitative estimate of drug-likeness (QED) is 0.351. The van der Waals surface area contributed by atoms with Crippen molar-refractivity contribution in [2.24, 2.45) is 16.2 Å². The maximum atomic E-state index is 4.93. The van der Waals surface area contributed by atoms with Crippen LogP contribution in [0.4, 0.5) is 0 Å². The molecule has 0 amide bonds. The molecule has 0 heterocycles. The van der Waals surface area contributed by atoms with Crippen molar-refractivity contribution in [1.82, 2.24) is 0 Å². The topological polar surface area (TPSA) is 0 Å². The van der Waals surface area contributed by atoms with E-state index in [9.17, 15) is 0 Å². The highest BCUT2D eigenvalue weighted by Crippen LogP contribution is 2.70. The maximum absolute atomic E-state index is 4.93. The second kappa shape index (κ2) is 9.86. The minimum atomic E-state index is -0.117. The van der Waals surface area contributed by atoms with Crippen LogP contribution in [0.15, 0.2) is 83.5 Å². The van der Waals surface area contributed by atoms with Crippen molar-refractivity contribution in [3.63, 3.8) is 0 Å². The summed E-state index contributed by atoms with van der Waals surface area (Å²) in [6, 6.07) is 11.6. The van der Waals surface area contributed by atoms with Gasteiger partial charge in [0.05, 0.1) is 0 Å². The van der Waals surface area contributed by atoms with E-state index >= 15 is 0 Å². The normalized spacial score (nSPS) is 27.7. The van der Waals surface area contributed by atoms with Gasteiger partial charge in [0, 0.05) is 5.41 Å². The summed E-state index contributed by atoms with van der Waals surface area (Å²) in [7, 11) is 0. The Morgan fingerprint density at radius 2 is 1.56 bits per heavy atom. The smallest absolute Gasteiger partial charge is 0.0194 e. The second-order valence-electron chi connectivity index (χ2n) is 14.9. The molecular weight excluding hydrogens is 492 g/mol. The van der Waals surface area contributed by atoms with E-state index < -0.39 is 0 Å². The molecule has 2 aromatic carbocycles. The minimum absolute atomic E-state index is 0.0587. The van der Waals surface area contributed by atoms with Crippen molar-refractivity contribution in [2.45, 2.75) is 107 Å². The highest BCUT2D eigenvalue weighted by molar-refractivity contribution is 5.87. The zero-order valence-corrected chi connectivity index (χ0v) is 27.6. The van der Waals surface area contributed by atoms with Crippen LogP contribution in [0.3, 0.4) is 0 Å². The van der Waals surface area contributed by atoms with E-state index in [4.69, 9.17) is 13.2 Å². The Balaban J connectivity index is 1.68. The van der Waals surface area contributed by atoms with Crippen molar-refractivity contribution in [1.29, 1.82) is 0 Å². The molecule has 2 aromatic rings. The van der Waals surface area contributed by atoms with E-state index in [2.05, 4.69) is 106 Å². The van der Waals surface area contributed by atoms with Crippen LogP contribution in [0.25, 0.3) is 5.57 Å². The third kappa shape index (κ3) is 4.31. The average Bonchev–Trinajstić information content (AvgIpc) is 2.86. The molecule has 3 aliphatic carbocycles. The molecule has 0 saturated carbocycles. The first-order valence-electron chi connectivity index (χ1n) is 15.7. The molecular formula is C41H52. The molecule has 0 aromatic heterocycles. The minimum Gasteiger partial charge on any atom is -0.0955 e. The fourth-order valence-electron chi connectivity index (χ4n) is 9.49. The Morgan fingerprint density at radius 1 is 0.927 bits per heavy atom. The summed E-state index contributed by atoms with van der Waals surface area (Å²) in [5.41, 5.74) is 19.6. The summed E-state index contributed by atoms with van der Waals surface area (Å²) in [4.78, 5) is 0. The molecule has 216 valence electrons. The number of aryl methyl sites for hydroxylation is 3. The number of benzene rings is 2. The molecule has 0 bridgehead atoms. The highest BCUT2D eigenvalue weighted by Gasteiger charge is 2.59. The van der Waals surface area contributed by atoms with Gasteiger partial charge in [-0.05, 0) is 139 Å². The van der Waals surface area contributed by atoms with Gasteiger partial charge in [-0.15, -0.1) is 0 Å². The highest BCUT2D eigenvalue weighted by atomic mass is 14.6. The lowest BCUT2D eigenvalue weighted by Crippen LogP contribution is -2.52. The van der Waals surface area contributed by atoms with Gasteiger partial charge in [-0.25, -0.2) is 0 Å². The van der Waals surface area contributed by atoms with E-state index in [1.54, 1.807) is 5.56 Å². The van der Waals surface area contributed by atoms with Gasteiger partial charge >= 0.3 is 0 Å². The summed E-state index contributed by atoms with van der Waals surface area (Å²) < 4.78 is 0. The van der Waals surface area contributed by atoms with E-state index in [1.807, 2.05) is 0 Å². The Labute approximate surface area is 251 Å². The second-order valence-corrected chi connectivity index (χ2v) is 14.9. The Hall–Kier alpha value is -2.86. The molecule has 0 spiro atoms. The number of hydrogen-bond acceptors (Lipinski definition) is 0. The van der Waals surface area contributed by atoms with Crippen molar-refractivity contribution >= 4 is 5.57 Å². The molecule has 3 atom stereocenters. The summed E-state index contributed by atoms with van der Waals surface area (Å²) in [6.45, 7) is 37.8. The van der Waals surface area contributed by atoms with Crippen LogP contribution in [-0.4, -0.2) is 0 Å². The molecule has 0 aliphatic heterocycles. The molecule has 41 heavy (non-hydrogen) atoms. The van der Waals surface area contributed by atoms with Gasteiger partial charge < -0.3 is 0 Å². The summed E-state index contributed by atoms with van der Waals surface area (Å²) in [6.07, 6.45) is 5.46. The molecule has 0 heteroatoms. The standard InChI is InChI=1S/C41H52/c1-24(2)34-20-33(19-18-32-16-14-26(5)15-17-32)28(7)37-29(8)38-31(10)41(13)30(9)36(25(3)4)27(6)21-40(41,12)23-39(38,11)22-35(34)37/h14-17,20,24H,3,8-9,18-19,21-23H2,1-2,4-7,10-13H3/t39-,40+,41-/m1/s1. The van der Waals surface area contributed by atoms with E-state index in [0.717, 1.165) is 37.7 Å². The largest absolute Gasteiger partial charge is 0.0955 e. The molecule has 0 N–H and O–H groups in total. The molecule has 0 saturated heterocycles. The van der Waals surface area contributed by atoms with Crippen molar-refractivity contribution < 1.29 is 0 Å². The fourth-order valence-corrected chi connectivity index (χ4v) is 9.49. The molecule has 0 fully saturated rings. The van der Waals surface area contributed by atoms with Crippen molar-refractivity contribution in [2.75, 3.05) is 0 Å². The average molecular weight is 545 g/mol. The molecule has 0 radical (unpaired) electrons. The van der Waals surface area contributed by atoms with Gasteiger partial charge in [-0.3, -0.25) is 0 Å². The predicted octanol–water partition coefficient (Wildman–Crippen LogP) is 11.4. The van der Waals surface area contributed by atoms with Crippen LogP contribution in [0.5, 0.6) is 0 Å². The van der Waals surface area contributed by atoms with E-state index in [0.29, 0.717) is 5.92 Å². The van der Waals surface area contributed by atoms with Crippen LogP contribution in [0, 0.1) is 30.1 Å². The number of allylic oxidation sites excluding steroid dienone is 7. The van der Waals surface area contributed by atoms with E-state index in [1.165, 1.54) is 66.8 Å². The monoisotopic (exact) mass is 544 g/mol. The fraction of sp³-hybridized carbons (Fsp3) is 0.463. The van der Waals surface area contributed by atoms with E-state index in [-0.39, 0.29) is 16.2 Å². The number of fused-ring (bicyclic) bond motifs is 3. The van der Waals surface area contributed by atoms with Crippen molar-refractivity contribution in [3.8, 4) is 0 Å². The van der Waals surface area contributed by atoms with Gasteiger partial charge in [0.2, 0.25) is 0 Å². The van der Waals surface area contributed by atoms with Gasteiger partial charge in [-0.2, -0.15) is 0 Å². The third-order valence-corrected chi connectivity index (χ3v) is 11.6. The molecule has 0 nitrogen and oxygen atoms in total. The third-order valence-electron chi connectivity index (χ3n) is 11.6. The van der Waals surface area contributed by atoms with Crippen LogP contribution < -0.4 is 0 Å². The van der Waals surface area contributed by atoms with Gasteiger partial charge in [0.25, 0.3) is 0 Å². The number of hydrogen-bond donors (Lipinski definition) is 0. The number of rotatable bonds is 5. The first-order valence-corrected chi connectivity index (χ1v) is 15.7. The Morgan fingerprint density at radius 3 is 2.15 bits per heavy atom. The van der Waals surface area contributed by atoms with Gasteiger partial charge in [0.1, 0.15) is 0 Å². The first kappa shape index (κ1) is 29.6. The predicted molar refractivity (Wildman–Crippen MR) is 180 cm³/mol. The molecule has 0 unspecified atom stereocenters. The van der Waals surface area contributed by atoms with Crippen LogP contribution >= 0.6 is 0 Å². The Bertz CT molecular complexity index is 1550. The van der Waals surface area contributed by atoms with Crippen LogP contribution in [0.1, 0.15) is 113 Å². The summed E-state index contributed by atoms with van der Waals surface area (Å²) >= 11 is 0. The first-order chi connectivity index (χ1) is 19.1. The lowest BCUT2D eigenvalue weighted by atomic mass is 9.41. The maximum Gasteiger partial charge on any atom is 0.0194 e. The van der Waals surface area contributed by atoms with Crippen LogP contribution in [0.2, 0.25) is 0 Å². The Kier molecular flexibility index (Phi) is 7.12. The zero-order chi connectivity index (χ0) is 30.2. The lowest BCUT2D eigenvalue weighted by Gasteiger charge is -2.62. The lowest BCUT2D eigenvalue weighted by molar-refractivity contribution is 0.0543. The van der Waals surface area contributed by atoms with Crippen molar-refractivity contribution in [3.05, 3.63) is 122 Å². The van der Waals surface area contributed by atoms with Gasteiger partial charge in [0.15, 0.2) is 0 Å². The molecule has 5 rings (SSSR count). The summed E-state index contributed by atoms with van der Waals surface area (Å²) in [5, 5.41) is 0. The van der Waals surface area contributed by atoms with Gasteiger partial charge in [-0.1, -0.05) is 107 Å².